The Morgan fingerprint density at radius 1 is 1.56 bits per heavy atom. The summed E-state index contributed by atoms with van der Waals surface area (Å²) in [7, 11) is -5.70. The van der Waals surface area contributed by atoms with Crippen molar-refractivity contribution in [1.29, 1.82) is 0 Å². The standard InChI is InChI=1S/C7H10O7PS/c1-4-5-13-15(9)7(6(8)12-2)14-16(3,10)11/h1,7H,5H2,2-3H3/q+1. The first-order chi connectivity index (χ1) is 7.31. The van der Waals surface area contributed by atoms with Crippen LogP contribution >= 0.6 is 8.03 Å². The number of carbonyl (C=O) groups is 1. The van der Waals surface area contributed by atoms with Crippen molar-refractivity contribution in [2.24, 2.45) is 0 Å². The molecular weight excluding hydrogens is 259 g/mol. The third kappa shape index (κ3) is 5.78. The van der Waals surface area contributed by atoms with Crippen LogP contribution in [0.2, 0.25) is 0 Å². The molecule has 9 heteroatoms. The van der Waals surface area contributed by atoms with Crippen LogP contribution in [0.3, 0.4) is 0 Å². The van der Waals surface area contributed by atoms with E-state index in [1.54, 1.807) is 0 Å². The van der Waals surface area contributed by atoms with Crippen molar-refractivity contribution in [3.05, 3.63) is 0 Å². The third-order valence-corrected chi connectivity index (χ3v) is 2.90. The van der Waals surface area contributed by atoms with Gasteiger partial charge in [0.15, 0.2) is 6.61 Å². The summed E-state index contributed by atoms with van der Waals surface area (Å²) in [6.07, 6.45) is 5.54. The number of hydrogen-bond acceptors (Lipinski definition) is 7. The van der Waals surface area contributed by atoms with Gasteiger partial charge in [-0.1, -0.05) is 5.92 Å². The van der Waals surface area contributed by atoms with E-state index < -0.39 is 30.0 Å². The highest BCUT2D eigenvalue weighted by Gasteiger charge is 2.45. The molecule has 0 fully saturated rings. The Morgan fingerprint density at radius 2 is 2.12 bits per heavy atom. The minimum Gasteiger partial charge on any atom is -0.464 e. The fourth-order valence-electron chi connectivity index (χ4n) is 0.595. The van der Waals surface area contributed by atoms with Crippen LogP contribution in [0.25, 0.3) is 0 Å². The number of ether oxygens (including phenoxy) is 1. The molecule has 0 aromatic carbocycles. The molecular formula is C7H10O7PS+. The molecule has 0 aliphatic rings. The first-order valence-electron chi connectivity index (χ1n) is 3.80. The van der Waals surface area contributed by atoms with Gasteiger partial charge in [0, 0.05) is 0 Å². The van der Waals surface area contributed by atoms with Crippen molar-refractivity contribution in [3.63, 3.8) is 0 Å². The minimum atomic E-state index is -3.96. The van der Waals surface area contributed by atoms with Crippen LogP contribution in [-0.2, 0) is 32.9 Å². The maximum atomic E-state index is 11.3. The van der Waals surface area contributed by atoms with Crippen LogP contribution in [0.15, 0.2) is 0 Å². The highest BCUT2D eigenvalue weighted by molar-refractivity contribution is 7.86. The fourth-order valence-corrected chi connectivity index (χ4v) is 2.37. The number of methoxy groups -OCH3 is 1. The molecule has 7 nitrogen and oxygen atoms in total. The summed E-state index contributed by atoms with van der Waals surface area (Å²) in [5.74, 6) is -0.956. The molecule has 0 N–H and O–H groups in total. The van der Waals surface area contributed by atoms with E-state index in [-0.39, 0.29) is 6.61 Å². The topological polar surface area (TPSA) is 96.0 Å². The van der Waals surface area contributed by atoms with E-state index in [1.165, 1.54) is 0 Å². The SMILES string of the molecule is C#CCO[P+](=O)C(OS(C)(=O)=O)C(=O)OC. The monoisotopic (exact) mass is 269 g/mol. The first-order valence-corrected chi connectivity index (χ1v) is 6.87. The van der Waals surface area contributed by atoms with Gasteiger partial charge in [-0.25, -0.2) is 8.98 Å². The molecule has 16 heavy (non-hydrogen) atoms. The Labute approximate surface area is 94.1 Å². The molecule has 0 aliphatic heterocycles. The molecule has 2 atom stereocenters. The van der Waals surface area contributed by atoms with Gasteiger partial charge in [0.25, 0.3) is 10.1 Å². The van der Waals surface area contributed by atoms with Crippen LogP contribution in [-0.4, -0.2) is 40.2 Å². The van der Waals surface area contributed by atoms with E-state index in [2.05, 4.69) is 13.4 Å². The first kappa shape index (κ1) is 15.0. The predicted molar refractivity (Wildman–Crippen MR) is 54.1 cm³/mol. The molecule has 0 aromatic rings. The van der Waals surface area contributed by atoms with Gasteiger partial charge in [-0.2, -0.15) is 8.42 Å². The second-order valence-corrected chi connectivity index (χ2v) is 5.34. The Morgan fingerprint density at radius 3 is 2.50 bits per heavy atom. The number of terminal acetylenes is 1. The molecule has 0 spiro atoms. The van der Waals surface area contributed by atoms with Crippen molar-refractivity contribution >= 4 is 24.1 Å². The molecule has 0 aromatic heterocycles. The molecule has 0 saturated heterocycles. The zero-order valence-corrected chi connectivity index (χ0v) is 10.3. The largest absolute Gasteiger partial charge is 0.555 e. The van der Waals surface area contributed by atoms with Gasteiger partial charge in [-0.15, -0.1) is 10.9 Å². The van der Waals surface area contributed by atoms with Gasteiger partial charge in [-0.05, 0) is 4.57 Å². The number of hydrogen-bond donors (Lipinski definition) is 0. The number of esters is 1. The molecule has 0 radical (unpaired) electrons. The van der Waals surface area contributed by atoms with Crippen LogP contribution in [0, 0.1) is 12.3 Å². The molecule has 0 aliphatic carbocycles. The van der Waals surface area contributed by atoms with E-state index in [1.807, 2.05) is 5.92 Å². The minimum absolute atomic E-state index is 0.337. The van der Waals surface area contributed by atoms with Crippen LogP contribution in [0.4, 0.5) is 0 Å². The quantitative estimate of drug-likeness (QED) is 0.286. The molecule has 0 rings (SSSR count). The lowest BCUT2D eigenvalue weighted by molar-refractivity contribution is -0.145. The van der Waals surface area contributed by atoms with Crippen molar-refractivity contribution in [1.82, 2.24) is 0 Å². The van der Waals surface area contributed by atoms with E-state index in [0.717, 1.165) is 7.11 Å². The highest BCUT2D eigenvalue weighted by Crippen LogP contribution is 2.31. The molecule has 0 amide bonds. The average Bonchev–Trinajstić information content (AvgIpc) is 2.20. The zero-order valence-electron chi connectivity index (χ0n) is 8.58. The maximum absolute atomic E-state index is 11.3. The lowest BCUT2D eigenvalue weighted by Crippen LogP contribution is -2.25. The smallest absolute Gasteiger partial charge is 0.464 e. The molecule has 0 bridgehead atoms. The average molecular weight is 269 g/mol. The molecule has 0 saturated carbocycles. The van der Waals surface area contributed by atoms with E-state index in [9.17, 15) is 17.8 Å². The lowest BCUT2D eigenvalue weighted by atomic mass is 10.7. The van der Waals surface area contributed by atoms with Crippen molar-refractivity contribution < 1.29 is 31.2 Å². The van der Waals surface area contributed by atoms with Crippen LogP contribution in [0.1, 0.15) is 0 Å². The Kier molecular flexibility index (Phi) is 6.14. The summed E-state index contributed by atoms with van der Waals surface area (Å²) < 4.78 is 45.9. The fraction of sp³-hybridized carbons (Fsp3) is 0.571. The van der Waals surface area contributed by atoms with E-state index >= 15 is 0 Å². The van der Waals surface area contributed by atoms with Gasteiger partial charge in [-0.3, -0.25) is 0 Å². The summed E-state index contributed by atoms with van der Waals surface area (Å²) in [5, 5.41) is 0. The van der Waals surface area contributed by atoms with Crippen LogP contribution < -0.4 is 0 Å². The summed E-state index contributed by atoms with van der Waals surface area (Å²) in [4.78, 5) is 11.1. The number of carbonyl (C=O) groups excluding carboxylic acids is 1. The van der Waals surface area contributed by atoms with Crippen molar-refractivity contribution in [3.8, 4) is 12.3 Å². The van der Waals surface area contributed by atoms with Crippen molar-refractivity contribution in [2.75, 3.05) is 20.0 Å². The van der Waals surface area contributed by atoms with Gasteiger partial charge in [0.2, 0.25) is 0 Å². The Bertz CT molecular complexity index is 407. The van der Waals surface area contributed by atoms with Gasteiger partial charge >= 0.3 is 19.8 Å². The summed E-state index contributed by atoms with van der Waals surface area (Å²) >= 11 is 0. The van der Waals surface area contributed by atoms with Crippen LogP contribution in [0.5, 0.6) is 0 Å². The Hall–Kier alpha value is -1.00. The predicted octanol–water partition coefficient (Wildman–Crippen LogP) is -0.146. The summed E-state index contributed by atoms with van der Waals surface area (Å²) in [6.45, 7) is -0.337. The second kappa shape index (κ2) is 6.55. The van der Waals surface area contributed by atoms with Crippen molar-refractivity contribution in [2.45, 2.75) is 5.85 Å². The van der Waals surface area contributed by atoms with E-state index in [0.29, 0.717) is 6.26 Å². The second-order valence-electron chi connectivity index (χ2n) is 2.44. The Balaban J connectivity index is 4.75. The lowest BCUT2D eigenvalue weighted by Gasteiger charge is -2.03. The maximum Gasteiger partial charge on any atom is 0.555 e. The summed E-state index contributed by atoms with van der Waals surface area (Å²) in [5.41, 5.74) is 0. The molecule has 2 unspecified atom stereocenters. The van der Waals surface area contributed by atoms with Gasteiger partial charge < -0.3 is 4.74 Å². The van der Waals surface area contributed by atoms with Gasteiger partial charge in [0.05, 0.1) is 13.4 Å². The molecule has 0 heterocycles. The zero-order chi connectivity index (χ0) is 12.8. The normalized spacial score (nSPS) is 13.7. The van der Waals surface area contributed by atoms with E-state index in [4.69, 9.17) is 6.42 Å². The summed E-state index contributed by atoms with van der Waals surface area (Å²) in [6, 6.07) is 0. The number of rotatable bonds is 6. The highest BCUT2D eigenvalue weighted by atomic mass is 32.2. The third-order valence-electron chi connectivity index (χ3n) is 1.14. The van der Waals surface area contributed by atoms with Gasteiger partial charge in [0.1, 0.15) is 0 Å². The molecule has 90 valence electrons.